The van der Waals surface area contributed by atoms with E-state index in [9.17, 15) is 18.0 Å². The minimum atomic E-state index is -4.36. The van der Waals surface area contributed by atoms with Gasteiger partial charge >= 0.3 is 12.1 Å². The van der Waals surface area contributed by atoms with Crippen LogP contribution < -0.4 is 4.74 Å². The summed E-state index contributed by atoms with van der Waals surface area (Å²) in [6.45, 7) is 2.27. The van der Waals surface area contributed by atoms with Crippen molar-refractivity contribution in [2.75, 3.05) is 0 Å². The molecule has 1 aromatic heterocycles. The molecule has 0 unspecified atom stereocenters. The summed E-state index contributed by atoms with van der Waals surface area (Å²) >= 11 is 1.42. The topological polar surface area (TPSA) is 59.4 Å². The molecular weight excluding hydrogens is 451 g/mol. The van der Waals surface area contributed by atoms with Crippen LogP contribution in [0, 0.1) is 6.92 Å². The lowest BCUT2D eigenvalue weighted by Gasteiger charge is -2.10. The van der Waals surface area contributed by atoms with Crippen LogP contribution in [-0.4, -0.2) is 16.1 Å². The van der Waals surface area contributed by atoms with Crippen LogP contribution in [0.5, 0.6) is 5.75 Å². The SMILES string of the molecule is Cc1cc(OCc2ccc3nc(-c4ccc(C(F)(F)F)cc4)sc3c2)ccc1CCC(=O)O. The van der Waals surface area contributed by atoms with Gasteiger partial charge in [-0.2, -0.15) is 13.2 Å². The Hall–Kier alpha value is -3.39. The van der Waals surface area contributed by atoms with Gasteiger partial charge < -0.3 is 9.84 Å². The molecule has 33 heavy (non-hydrogen) atoms. The number of hydrogen-bond acceptors (Lipinski definition) is 4. The first-order chi connectivity index (χ1) is 15.7. The first-order valence-corrected chi connectivity index (χ1v) is 11.0. The van der Waals surface area contributed by atoms with Crippen LogP contribution in [0.25, 0.3) is 20.8 Å². The zero-order valence-corrected chi connectivity index (χ0v) is 18.5. The van der Waals surface area contributed by atoms with E-state index in [0.29, 0.717) is 29.3 Å². The molecule has 0 bridgehead atoms. The standard InChI is InChI=1S/C25H20F3NO3S/c1-15-12-20(9-5-17(15)6-11-23(30)31)32-14-16-2-10-21-22(13-16)33-24(29-21)18-3-7-19(8-4-18)25(26,27)28/h2-5,7-10,12-13H,6,11,14H2,1H3,(H,30,31). The van der Waals surface area contributed by atoms with Crippen molar-refractivity contribution in [2.24, 2.45) is 0 Å². The summed E-state index contributed by atoms with van der Waals surface area (Å²) in [6.07, 6.45) is -3.80. The van der Waals surface area contributed by atoms with Crippen molar-refractivity contribution >= 4 is 27.5 Å². The average Bonchev–Trinajstić information content (AvgIpc) is 3.20. The third-order valence-corrected chi connectivity index (χ3v) is 6.31. The molecule has 3 aromatic carbocycles. The highest BCUT2D eigenvalue weighted by molar-refractivity contribution is 7.21. The Morgan fingerprint density at radius 2 is 1.82 bits per heavy atom. The van der Waals surface area contributed by atoms with Crippen LogP contribution in [0.2, 0.25) is 0 Å². The van der Waals surface area contributed by atoms with Crippen molar-refractivity contribution in [1.82, 2.24) is 4.98 Å². The zero-order valence-electron chi connectivity index (χ0n) is 17.6. The Morgan fingerprint density at radius 3 is 2.48 bits per heavy atom. The predicted octanol–water partition coefficient (Wildman–Crippen LogP) is 6.89. The molecule has 1 N–H and O–H groups in total. The molecule has 0 spiro atoms. The molecule has 0 saturated heterocycles. The van der Waals surface area contributed by atoms with E-state index in [4.69, 9.17) is 9.84 Å². The van der Waals surface area contributed by atoms with Crippen LogP contribution >= 0.6 is 11.3 Å². The average molecular weight is 472 g/mol. The van der Waals surface area contributed by atoms with E-state index in [1.807, 2.05) is 43.3 Å². The Balaban J connectivity index is 1.45. The number of fused-ring (bicyclic) bond motifs is 1. The van der Waals surface area contributed by atoms with E-state index in [-0.39, 0.29) is 6.42 Å². The number of rotatable bonds is 7. The van der Waals surface area contributed by atoms with Gasteiger partial charge in [-0.05, 0) is 66.4 Å². The number of aliphatic carboxylic acids is 1. The van der Waals surface area contributed by atoms with Gasteiger partial charge in [0.05, 0.1) is 15.8 Å². The van der Waals surface area contributed by atoms with Crippen LogP contribution in [-0.2, 0) is 24.0 Å². The van der Waals surface area contributed by atoms with Gasteiger partial charge in [0.2, 0.25) is 0 Å². The largest absolute Gasteiger partial charge is 0.489 e. The van der Waals surface area contributed by atoms with E-state index in [2.05, 4.69) is 4.98 Å². The van der Waals surface area contributed by atoms with Crippen molar-refractivity contribution in [3.05, 3.63) is 82.9 Å². The van der Waals surface area contributed by atoms with Gasteiger partial charge in [0.25, 0.3) is 0 Å². The lowest BCUT2D eigenvalue weighted by Crippen LogP contribution is -2.03. The maximum atomic E-state index is 12.8. The lowest BCUT2D eigenvalue weighted by molar-refractivity contribution is -0.138. The lowest BCUT2D eigenvalue weighted by atomic mass is 10.0. The summed E-state index contributed by atoms with van der Waals surface area (Å²) in [4.78, 5) is 15.3. The molecule has 0 fully saturated rings. The van der Waals surface area contributed by atoms with Gasteiger partial charge in [-0.25, -0.2) is 4.98 Å². The Kier molecular flexibility index (Phi) is 6.37. The van der Waals surface area contributed by atoms with Crippen molar-refractivity contribution in [3.63, 3.8) is 0 Å². The minimum absolute atomic E-state index is 0.0877. The van der Waals surface area contributed by atoms with E-state index in [1.54, 1.807) is 0 Å². The first kappa shape index (κ1) is 22.8. The molecular formula is C25H20F3NO3S. The maximum Gasteiger partial charge on any atom is 0.416 e. The smallest absolute Gasteiger partial charge is 0.416 e. The molecule has 0 atom stereocenters. The highest BCUT2D eigenvalue weighted by Crippen LogP contribution is 2.34. The van der Waals surface area contributed by atoms with E-state index < -0.39 is 17.7 Å². The van der Waals surface area contributed by atoms with Gasteiger partial charge in [-0.15, -0.1) is 11.3 Å². The summed E-state index contributed by atoms with van der Waals surface area (Å²) in [6, 6.07) is 16.4. The molecule has 4 aromatic rings. The number of carbonyl (C=O) groups is 1. The molecule has 0 aliphatic carbocycles. The third-order valence-electron chi connectivity index (χ3n) is 5.24. The van der Waals surface area contributed by atoms with Crippen molar-refractivity contribution in [3.8, 4) is 16.3 Å². The third kappa shape index (κ3) is 5.51. The van der Waals surface area contributed by atoms with Crippen LogP contribution in [0.3, 0.4) is 0 Å². The summed E-state index contributed by atoms with van der Waals surface area (Å²) in [5.74, 6) is -0.129. The Labute approximate surface area is 192 Å². The predicted molar refractivity (Wildman–Crippen MR) is 122 cm³/mol. The molecule has 0 aliphatic rings. The summed E-state index contributed by atoms with van der Waals surface area (Å²) < 4.78 is 45.2. The molecule has 170 valence electrons. The zero-order chi connectivity index (χ0) is 23.6. The second-order valence-electron chi connectivity index (χ2n) is 7.67. The van der Waals surface area contributed by atoms with Crippen molar-refractivity contribution < 1.29 is 27.8 Å². The molecule has 0 aliphatic heterocycles. The number of aryl methyl sites for hydroxylation is 2. The highest BCUT2D eigenvalue weighted by atomic mass is 32.1. The fraction of sp³-hybridized carbons (Fsp3) is 0.200. The van der Waals surface area contributed by atoms with Crippen LogP contribution in [0.1, 0.15) is 28.7 Å². The number of carboxylic acid groups (broad SMARTS) is 1. The number of carboxylic acids is 1. The van der Waals surface area contributed by atoms with Crippen LogP contribution in [0.15, 0.2) is 60.7 Å². The normalized spacial score (nSPS) is 11.6. The first-order valence-electron chi connectivity index (χ1n) is 10.2. The summed E-state index contributed by atoms with van der Waals surface area (Å²) in [7, 11) is 0. The number of benzene rings is 3. The number of halogens is 3. The minimum Gasteiger partial charge on any atom is -0.489 e. The molecule has 0 radical (unpaired) electrons. The molecule has 4 nitrogen and oxygen atoms in total. The van der Waals surface area contributed by atoms with Gasteiger partial charge in [-0.1, -0.05) is 24.3 Å². The van der Waals surface area contributed by atoms with E-state index >= 15 is 0 Å². The number of alkyl halides is 3. The summed E-state index contributed by atoms with van der Waals surface area (Å²) in [5, 5.41) is 9.50. The van der Waals surface area contributed by atoms with Gasteiger partial charge in [0, 0.05) is 12.0 Å². The van der Waals surface area contributed by atoms with E-state index in [1.165, 1.54) is 23.5 Å². The van der Waals surface area contributed by atoms with E-state index in [0.717, 1.165) is 39.0 Å². The van der Waals surface area contributed by atoms with Crippen molar-refractivity contribution in [1.29, 1.82) is 0 Å². The highest BCUT2D eigenvalue weighted by Gasteiger charge is 2.30. The van der Waals surface area contributed by atoms with Crippen molar-refractivity contribution in [2.45, 2.75) is 32.5 Å². The molecule has 1 heterocycles. The number of nitrogens with zero attached hydrogens (tertiary/aromatic N) is 1. The number of aromatic nitrogens is 1. The molecule has 0 saturated carbocycles. The molecule has 4 rings (SSSR count). The molecule has 8 heteroatoms. The van der Waals surface area contributed by atoms with Crippen LogP contribution in [0.4, 0.5) is 13.2 Å². The Bertz CT molecular complexity index is 1300. The Morgan fingerprint density at radius 1 is 1.06 bits per heavy atom. The second-order valence-corrected chi connectivity index (χ2v) is 8.70. The van der Waals surface area contributed by atoms with Gasteiger partial charge in [0.1, 0.15) is 17.4 Å². The molecule has 0 amide bonds. The maximum absolute atomic E-state index is 12.8. The van der Waals surface area contributed by atoms with Gasteiger partial charge in [0.15, 0.2) is 0 Å². The fourth-order valence-electron chi connectivity index (χ4n) is 3.43. The summed E-state index contributed by atoms with van der Waals surface area (Å²) in [5.41, 5.74) is 3.63. The number of thiazole rings is 1. The monoisotopic (exact) mass is 471 g/mol. The second kappa shape index (κ2) is 9.23. The quantitative estimate of drug-likeness (QED) is 0.319. The fourth-order valence-corrected chi connectivity index (χ4v) is 4.47. The number of ether oxygens (including phenoxy) is 1. The van der Waals surface area contributed by atoms with Gasteiger partial charge in [-0.3, -0.25) is 4.79 Å². The number of hydrogen-bond donors (Lipinski definition) is 1.